The molecule has 0 saturated heterocycles. The number of rotatable bonds is 6. The molecule has 2 rings (SSSR count). The molecular weight excluding hydrogens is 298 g/mol. The van der Waals surface area contributed by atoms with Crippen molar-refractivity contribution >= 4 is 29.7 Å². The maximum Gasteiger partial charge on any atom is 0.236 e. The third kappa shape index (κ3) is 4.33. The largest absolute Gasteiger partial charge is 0.443 e. The highest BCUT2D eigenvalue weighted by Gasteiger charge is 2.13. The van der Waals surface area contributed by atoms with Gasteiger partial charge in [0.1, 0.15) is 6.26 Å². The highest BCUT2D eigenvalue weighted by atomic mass is 35.5. The molecule has 1 amide bonds. The van der Waals surface area contributed by atoms with Crippen LogP contribution in [0.2, 0.25) is 0 Å². The standard InChI is InChI=1S/C13H17N3O2S.ClH/c1-9(6-14-2)12(17)15-7-10-8-18-13(16-10)11-4-3-5-19-11;/h3-5,8-9,14H,6-7H2,1-2H3,(H,15,17);1H. The summed E-state index contributed by atoms with van der Waals surface area (Å²) in [5.41, 5.74) is 0.730. The molecule has 2 N–H and O–H groups in total. The number of amides is 1. The van der Waals surface area contributed by atoms with Gasteiger partial charge in [-0.2, -0.15) is 0 Å². The van der Waals surface area contributed by atoms with Crippen LogP contribution in [-0.4, -0.2) is 24.5 Å². The van der Waals surface area contributed by atoms with Crippen LogP contribution in [0.15, 0.2) is 28.2 Å². The summed E-state index contributed by atoms with van der Waals surface area (Å²) in [6.45, 7) is 2.93. The lowest BCUT2D eigenvalue weighted by Gasteiger charge is -2.10. The molecule has 0 fully saturated rings. The molecule has 0 radical (unpaired) electrons. The molecule has 0 aliphatic heterocycles. The minimum atomic E-state index is -0.0614. The number of carbonyl (C=O) groups excluding carboxylic acids is 1. The van der Waals surface area contributed by atoms with Crippen LogP contribution < -0.4 is 10.6 Å². The number of oxazole rings is 1. The van der Waals surface area contributed by atoms with Crippen molar-refractivity contribution in [3.05, 3.63) is 29.5 Å². The average molecular weight is 316 g/mol. The first kappa shape index (κ1) is 16.7. The van der Waals surface area contributed by atoms with Crippen molar-refractivity contribution in [3.8, 4) is 10.8 Å². The van der Waals surface area contributed by atoms with Crippen LogP contribution in [0.25, 0.3) is 10.8 Å². The van der Waals surface area contributed by atoms with Gasteiger partial charge in [0, 0.05) is 12.5 Å². The first-order valence-corrected chi connectivity index (χ1v) is 6.99. The molecule has 2 aromatic heterocycles. The number of thiophene rings is 1. The van der Waals surface area contributed by atoms with E-state index < -0.39 is 0 Å². The van der Waals surface area contributed by atoms with Gasteiger partial charge in [-0.3, -0.25) is 4.79 Å². The second-order valence-corrected chi connectivity index (χ2v) is 5.25. The summed E-state index contributed by atoms with van der Waals surface area (Å²) in [7, 11) is 1.83. The van der Waals surface area contributed by atoms with E-state index in [4.69, 9.17) is 4.42 Å². The van der Waals surface area contributed by atoms with Gasteiger partial charge in [0.25, 0.3) is 0 Å². The fraction of sp³-hybridized carbons (Fsp3) is 0.385. The van der Waals surface area contributed by atoms with E-state index in [0.717, 1.165) is 10.6 Å². The normalized spacial score (nSPS) is 11.7. The summed E-state index contributed by atoms with van der Waals surface area (Å²) in [6.07, 6.45) is 1.58. The number of nitrogens with one attached hydrogen (secondary N) is 2. The Morgan fingerprint density at radius 1 is 1.55 bits per heavy atom. The Bertz CT molecular complexity index is 527. The molecule has 0 saturated carbocycles. The van der Waals surface area contributed by atoms with Gasteiger partial charge >= 0.3 is 0 Å². The molecule has 7 heteroatoms. The fourth-order valence-corrected chi connectivity index (χ4v) is 2.31. The smallest absolute Gasteiger partial charge is 0.236 e. The second-order valence-electron chi connectivity index (χ2n) is 4.30. The van der Waals surface area contributed by atoms with Gasteiger partial charge in [-0.15, -0.1) is 23.7 Å². The zero-order valence-corrected chi connectivity index (χ0v) is 13.0. The zero-order valence-electron chi connectivity index (χ0n) is 11.4. The first-order chi connectivity index (χ1) is 9.20. The van der Waals surface area contributed by atoms with E-state index in [2.05, 4.69) is 15.6 Å². The van der Waals surface area contributed by atoms with E-state index in [0.29, 0.717) is 19.0 Å². The Kier molecular flexibility index (Phi) is 6.70. The van der Waals surface area contributed by atoms with E-state index in [9.17, 15) is 4.79 Å². The van der Waals surface area contributed by atoms with E-state index >= 15 is 0 Å². The van der Waals surface area contributed by atoms with Crippen LogP contribution in [-0.2, 0) is 11.3 Å². The number of halogens is 1. The van der Waals surface area contributed by atoms with Crippen molar-refractivity contribution in [1.82, 2.24) is 15.6 Å². The number of hydrogen-bond donors (Lipinski definition) is 2. The maximum absolute atomic E-state index is 11.7. The van der Waals surface area contributed by atoms with Crippen LogP contribution in [0.4, 0.5) is 0 Å². The van der Waals surface area contributed by atoms with Crippen molar-refractivity contribution in [3.63, 3.8) is 0 Å². The van der Waals surface area contributed by atoms with Crippen molar-refractivity contribution in [1.29, 1.82) is 0 Å². The molecule has 110 valence electrons. The Balaban J connectivity index is 0.00000200. The SMILES string of the molecule is CNCC(C)C(=O)NCc1coc(-c2cccs2)n1.Cl. The summed E-state index contributed by atoms with van der Waals surface area (Å²) < 4.78 is 5.38. The van der Waals surface area contributed by atoms with Crippen LogP contribution >= 0.6 is 23.7 Å². The minimum absolute atomic E-state index is 0. The van der Waals surface area contributed by atoms with E-state index in [1.165, 1.54) is 0 Å². The van der Waals surface area contributed by atoms with E-state index in [1.54, 1.807) is 17.6 Å². The van der Waals surface area contributed by atoms with Gasteiger partial charge in [0.15, 0.2) is 0 Å². The fourth-order valence-electron chi connectivity index (χ4n) is 1.65. The van der Waals surface area contributed by atoms with Crippen LogP contribution in [0.5, 0.6) is 0 Å². The molecule has 1 atom stereocenters. The molecule has 20 heavy (non-hydrogen) atoms. The Morgan fingerprint density at radius 3 is 3.00 bits per heavy atom. The first-order valence-electron chi connectivity index (χ1n) is 6.11. The molecule has 1 unspecified atom stereocenters. The summed E-state index contributed by atoms with van der Waals surface area (Å²) in [5, 5.41) is 7.79. The van der Waals surface area contributed by atoms with Crippen molar-refractivity contribution in [2.75, 3.05) is 13.6 Å². The predicted octanol–water partition coefficient (Wildman–Crippen LogP) is 2.30. The summed E-state index contributed by atoms with van der Waals surface area (Å²) in [6, 6.07) is 3.90. The van der Waals surface area contributed by atoms with Gasteiger partial charge in [0.05, 0.1) is 17.1 Å². The Morgan fingerprint density at radius 2 is 2.35 bits per heavy atom. The molecule has 2 heterocycles. The summed E-state index contributed by atoms with van der Waals surface area (Å²) in [4.78, 5) is 17.1. The topological polar surface area (TPSA) is 67.2 Å². The van der Waals surface area contributed by atoms with Crippen molar-refractivity contribution < 1.29 is 9.21 Å². The molecule has 0 aliphatic carbocycles. The van der Waals surface area contributed by atoms with E-state index in [1.807, 2.05) is 31.5 Å². The van der Waals surface area contributed by atoms with Crippen LogP contribution in [0.3, 0.4) is 0 Å². The number of aromatic nitrogens is 1. The number of carbonyl (C=O) groups is 1. The Labute approximate surface area is 128 Å². The van der Waals surface area contributed by atoms with E-state index in [-0.39, 0.29) is 24.2 Å². The van der Waals surface area contributed by atoms with Gasteiger partial charge < -0.3 is 15.1 Å². The maximum atomic E-state index is 11.7. The molecule has 5 nitrogen and oxygen atoms in total. The average Bonchev–Trinajstić information content (AvgIpc) is 3.06. The minimum Gasteiger partial charge on any atom is -0.443 e. The lowest BCUT2D eigenvalue weighted by atomic mass is 10.1. The van der Waals surface area contributed by atoms with Gasteiger partial charge in [-0.05, 0) is 18.5 Å². The Hall–Kier alpha value is -1.37. The molecule has 0 aliphatic rings. The highest BCUT2D eigenvalue weighted by Crippen LogP contribution is 2.23. The van der Waals surface area contributed by atoms with Gasteiger partial charge in [-0.1, -0.05) is 13.0 Å². The van der Waals surface area contributed by atoms with Gasteiger partial charge in [-0.25, -0.2) is 4.98 Å². The monoisotopic (exact) mass is 315 g/mol. The molecular formula is C13H18ClN3O2S. The predicted molar refractivity (Wildman–Crippen MR) is 82.0 cm³/mol. The lowest BCUT2D eigenvalue weighted by molar-refractivity contribution is -0.124. The van der Waals surface area contributed by atoms with Crippen molar-refractivity contribution in [2.45, 2.75) is 13.5 Å². The quantitative estimate of drug-likeness (QED) is 0.858. The van der Waals surface area contributed by atoms with Crippen LogP contribution in [0.1, 0.15) is 12.6 Å². The van der Waals surface area contributed by atoms with Crippen LogP contribution in [0, 0.1) is 5.92 Å². The molecule has 0 aromatic carbocycles. The molecule has 0 spiro atoms. The lowest BCUT2D eigenvalue weighted by Crippen LogP contribution is -2.33. The number of nitrogens with zero attached hydrogens (tertiary/aromatic N) is 1. The number of hydrogen-bond acceptors (Lipinski definition) is 5. The zero-order chi connectivity index (χ0) is 13.7. The summed E-state index contributed by atoms with van der Waals surface area (Å²) >= 11 is 1.57. The second kappa shape index (κ2) is 8.04. The third-order valence-electron chi connectivity index (χ3n) is 2.69. The van der Waals surface area contributed by atoms with Crippen molar-refractivity contribution in [2.24, 2.45) is 5.92 Å². The summed E-state index contributed by atoms with van der Waals surface area (Å²) in [5.74, 6) is 0.547. The highest BCUT2D eigenvalue weighted by molar-refractivity contribution is 7.13. The molecule has 2 aromatic rings. The molecule has 0 bridgehead atoms. The third-order valence-corrected chi connectivity index (χ3v) is 3.54. The van der Waals surface area contributed by atoms with Gasteiger partial charge in [0.2, 0.25) is 11.8 Å².